The Kier molecular flexibility index (Phi) is 5.55. The summed E-state index contributed by atoms with van der Waals surface area (Å²) in [4.78, 5) is 13.0. The summed E-state index contributed by atoms with van der Waals surface area (Å²) in [5, 5.41) is 3.53. The first-order chi connectivity index (χ1) is 9.15. The molecule has 0 unspecified atom stereocenters. The number of nitrogens with one attached hydrogen (secondary N) is 1. The van der Waals surface area contributed by atoms with Crippen LogP contribution >= 0.6 is 23.4 Å². The van der Waals surface area contributed by atoms with Crippen LogP contribution in [0.5, 0.6) is 0 Å². The molecule has 3 nitrogen and oxygen atoms in total. The minimum absolute atomic E-state index is 0.0513. The first-order valence-corrected chi connectivity index (χ1v) is 7.72. The zero-order chi connectivity index (χ0) is 13.7. The summed E-state index contributed by atoms with van der Waals surface area (Å²) in [6, 6.07) is 7.52. The van der Waals surface area contributed by atoms with E-state index in [2.05, 4.69) is 5.32 Å². The fourth-order valence-electron chi connectivity index (χ4n) is 1.93. The van der Waals surface area contributed by atoms with Crippen molar-refractivity contribution < 1.29 is 9.53 Å². The Balaban J connectivity index is 1.76. The summed E-state index contributed by atoms with van der Waals surface area (Å²) in [5.41, 5.74) is 0. The minimum Gasteiger partial charge on any atom is -0.376 e. The van der Waals surface area contributed by atoms with Gasteiger partial charge in [-0.1, -0.05) is 11.6 Å². The van der Waals surface area contributed by atoms with Crippen LogP contribution in [-0.2, 0) is 9.53 Å². The van der Waals surface area contributed by atoms with E-state index in [1.54, 1.807) is 0 Å². The van der Waals surface area contributed by atoms with Gasteiger partial charge in [0, 0.05) is 23.1 Å². The van der Waals surface area contributed by atoms with E-state index >= 15 is 0 Å². The molecular formula is C14H18ClNO2S. The van der Waals surface area contributed by atoms with Crippen molar-refractivity contribution in [2.75, 3.05) is 13.2 Å². The van der Waals surface area contributed by atoms with Crippen LogP contribution in [0.2, 0.25) is 5.02 Å². The summed E-state index contributed by atoms with van der Waals surface area (Å²) in [7, 11) is 0. The lowest BCUT2D eigenvalue weighted by molar-refractivity contribution is -0.120. The average Bonchev–Trinajstić information content (AvgIpc) is 2.91. The number of benzene rings is 1. The Bertz CT molecular complexity index is 418. The number of halogens is 1. The lowest BCUT2D eigenvalue weighted by Crippen LogP contribution is -2.36. The molecule has 1 saturated heterocycles. The van der Waals surface area contributed by atoms with Gasteiger partial charge in [-0.2, -0.15) is 0 Å². The van der Waals surface area contributed by atoms with Gasteiger partial charge in [0.25, 0.3) is 0 Å². The van der Waals surface area contributed by atoms with Crippen LogP contribution in [0.1, 0.15) is 19.8 Å². The molecule has 1 aliphatic heterocycles. The second kappa shape index (κ2) is 7.17. The molecule has 1 aromatic carbocycles. The third kappa shape index (κ3) is 4.71. The van der Waals surface area contributed by atoms with Gasteiger partial charge >= 0.3 is 0 Å². The van der Waals surface area contributed by atoms with Crippen LogP contribution in [-0.4, -0.2) is 30.4 Å². The van der Waals surface area contributed by atoms with E-state index in [9.17, 15) is 4.79 Å². The van der Waals surface area contributed by atoms with Crippen molar-refractivity contribution in [2.45, 2.75) is 36.0 Å². The van der Waals surface area contributed by atoms with Crippen LogP contribution in [0.25, 0.3) is 0 Å². The molecule has 0 bridgehead atoms. The van der Waals surface area contributed by atoms with E-state index in [-0.39, 0.29) is 17.3 Å². The summed E-state index contributed by atoms with van der Waals surface area (Å²) >= 11 is 7.36. The SMILES string of the molecule is C[C@H](Sc1ccc(Cl)cc1)C(=O)NC[C@H]1CCCO1. The summed E-state index contributed by atoms with van der Waals surface area (Å²) in [5.74, 6) is 0.0513. The Morgan fingerprint density at radius 3 is 2.89 bits per heavy atom. The molecule has 1 amide bonds. The van der Waals surface area contributed by atoms with Gasteiger partial charge in [0.2, 0.25) is 5.91 Å². The highest BCUT2D eigenvalue weighted by Crippen LogP contribution is 2.24. The molecule has 1 aromatic rings. The molecular weight excluding hydrogens is 282 g/mol. The third-order valence-electron chi connectivity index (χ3n) is 3.02. The molecule has 1 N–H and O–H groups in total. The van der Waals surface area contributed by atoms with Gasteiger partial charge in [-0.25, -0.2) is 0 Å². The summed E-state index contributed by atoms with van der Waals surface area (Å²) in [6.07, 6.45) is 2.32. The van der Waals surface area contributed by atoms with Crippen LogP contribution < -0.4 is 5.32 Å². The van der Waals surface area contributed by atoms with E-state index < -0.39 is 0 Å². The second-order valence-corrected chi connectivity index (χ2v) is 6.44. The molecule has 0 aliphatic carbocycles. The first-order valence-electron chi connectivity index (χ1n) is 6.46. The molecule has 1 aliphatic rings. The lowest BCUT2D eigenvalue weighted by atomic mass is 10.2. The molecule has 2 rings (SSSR count). The smallest absolute Gasteiger partial charge is 0.233 e. The highest BCUT2D eigenvalue weighted by atomic mass is 35.5. The number of carbonyl (C=O) groups is 1. The van der Waals surface area contributed by atoms with Gasteiger partial charge in [-0.15, -0.1) is 11.8 Å². The molecule has 0 spiro atoms. The predicted molar refractivity (Wildman–Crippen MR) is 78.8 cm³/mol. The summed E-state index contributed by atoms with van der Waals surface area (Å²) < 4.78 is 5.48. The van der Waals surface area contributed by atoms with Crippen molar-refractivity contribution >= 4 is 29.3 Å². The van der Waals surface area contributed by atoms with E-state index in [1.807, 2.05) is 31.2 Å². The molecule has 104 valence electrons. The van der Waals surface area contributed by atoms with Gasteiger partial charge in [-0.3, -0.25) is 4.79 Å². The van der Waals surface area contributed by atoms with Crippen LogP contribution in [0.3, 0.4) is 0 Å². The zero-order valence-electron chi connectivity index (χ0n) is 10.9. The minimum atomic E-state index is -0.123. The standard InChI is InChI=1S/C14H18ClNO2S/c1-10(19-13-6-4-11(15)5-7-13)14(17)16-9-12-3-2-8-18-12/h4-7,10,12H,2-3,8-9H2,1H3,(H,16,17)/t10-,12+/m0/s1. The van der Waals surface area contributed by atoms with Crippen molar-refractivity contribution in [3.8, 4) is 0 Å². The maximum absolute atomic E-state index is 12.0. The topological polar surface area (TPSA) is 38.3 Å². The Labute approximate surface area is 123 Å². The fraction of sp³-hybridized carbons (Fsp3) is 0.500. The number of carbonyl (C=O) groups excluding carboxylic acids is 1. The molecule has 1 heterocycles. The van der Waals surface area contributed by atoms with Gasteiger partial charge < -0.3 is 10.1 Å². The first kappa shape index (κ1) is 14.7. The molecule has 1 fully saturated rings. The normalized spacial score (nSPS) is 20.2. The lowest BCUT2D eigenvalue weighted by Gasteiger charge is -2.14. The van der Waals surface area contributed by atoms with Crippen molar-refractivity contribution in [1.29, 1.82) is 0 Å². The van der Waals surface area contributed by atoms with Crippen molar-refractivity contribution in [1.82, 2.24) is 5.32 Å². The number of hydrogen-bond acceptors (Lipinski definition) is 3. The number of ether oxygens (including phenoxy) is 1. The van der Waals surface area contributed by atoms with Gasteiger partial charge in [0.05, 0.1) is 11.4 Å². The van der Waals surface area contributed by atoms with E-state index in [0.29, 0.717) is 11.6 Å². The van der Waals surface area contributed by atoms with Gasteiger partial charge in [-0.05, 0) is 44.0 Å². The number of hydrogen-bond donors (Lipinski definition) is 1. The highest BCUT2D eigenvalue weighted by molar-refractivity contribution is 8.00. The maximum Gasteiger partial charge on any atom is 0.233 e. The number of amides is 1. The molecule has 0 saturated carbocycles. The van der Waals surface area contributed by atoms with Crippen molar-refractivity contribution in [2.24, 2.45) is 0 Å². The van der Waals surface area contributed by atoms with E-state index in [0.717, 1.165) is 24.3 Å². The third-order valence-corrected chi connectivity index (χ3v) is 4.39. The monoisotopic (exact) mass is 299 g/mol. The second-order valence-electron chi connectivity index (χ2n) is 4.59. The molecule has 19 heavy (non-hydrogen) atoms. The van der Waals surface area contributed by atoms with Gasteiger partial charge in [0.15, 0.2) is 0 Å². The van der Waals surface area contributed by atoms with Crippen LogP contribution in [0.4, 0.5) is 0 Å². The Morgan fingerprint density at radius 1 is 1.53 bits per heavy atom. The van der Waals surface area contributed by atoms with Crippen LogP contribution in [0, 0.1) is 0 Å². The predicted octanol–water partition coefficient (Wildman–Crippen LogP) is 3.12. The summed E-state index contributed by atoms with van der Waals surface area (Å²) in [6.45, 7) is 3.34. The Morgan fingerprint density at radius 2 is 2.26 bits per heavy atom. The largest absolute Gasteiger partial charge is 0.376 e. The number of rotatable bonds is 5. The molecule has 2 atom stereocenters. The van der Waals surface area contributed by atoms with E-state index in [4.69, 9.17) is 16.3 Å². The van der Waals surface area contributed by atoms with Crippen molar-refractivity contribution in [3.05, 3.63) is 29.3 Å². The van der Waals surface area contributed by atoms with Crippen LogP contribution in [0.15, 0.2) is 29.2 Å². The molecule has 0 radical (unpaired) electrons. The Hall–Kier alpha value is -0.710. The van der Waals surface area contributed by atoms with E-state index in [1.165, 1.54) is 11.8 Å². The fourth-order valence-corrected chi connectivity index (χ4v) is 2.95. The molecule has 5 heteroatoms. The average molecular weight is 300 g/mol. The zero-order valence-corrected chi connectivity index (χ0v) is 12.5. The quantitative estimate of drug-likeness (QED) is 0.849. The highest BCUT2D eigenvalue weighted by Gasteiger charge is 2.19. The van der Waals surface area contributed by atoms with Crippen molar-refractivity contribution in [3.63, 3.8) is 0 Å². The van der Waals surface area contributed by atoms with Gasteiger partial charge in [0.1, 0.15) is 0 Å². The maximum atomic E-state index is 12.0. The number of thioether (sulfide) groups is 1. The molecule has 0 aromatic heterocycles.